The van der Waals surface area contributed by atoms with Crippen LogP contribution < -0.4 is 10.1 Å². The van der Waals surface area contributed by atoms with E-state index < -0.39 is 25.1 Å². The van der Waals surface area contributed by atoms with Crippen molar-refractivity contribution < 1.29 is 32.3 Å². The number of alkyl halides is 2. The van der Waals surface area contributed by atoms with Gasteiger partial charge < -0.3 is 19.2 Å². The zero-order valence-electron chi connectivity index (χ0n) is 14.5. The first-order chi connectivity index (χ1) is 13.3. The Morgan fingerprint density at radius 3 is 2.71 bits per heavy atom. The molecule has 146 valence electrons. The number of furan rings is 1. The normalized spacial score (nSPS) is 10.9. The number of aryl methyl sites for hydroxylation is 1. The van der Waals surface area contributed by atoms with Crippen molar-refractivity contribution in [3.8, 4) is 5.75 Å². The SMILES string of the molecule is Cc1c(C(=O)OCC(=O)Nc2ccccc2OC(F)F)oc2ccc(Br)cc12. The predicted molar refractivity (Wildman–Crippen MR) is 101 cm³/mol. The molecule has 3 rings (SSSR count). The maximum Gasteiger partial charge on any atom is 0.387 e. The molecule has 0 radical (unpaired) electrons. The summed E-state index contributed by atoms with van der Waals surface area (Å²) in [5, 5.41) is 3.10. The van der Waals surface area contributed by atoms with Crippen molar-refractivity contribution >= 4 is 44.5 Å². The van der Waals surface area contributed by atoms with Gasteiger partial charge in [0.15, 0.2) is 6.61 Å². The molecule has 0 aliphatic rings. The Labute approximate surface area is 166 Å². The van der Waals surface area contributed by atoms with Crippen molar-refractivity contribution in [2.45, 2.75) is 13.5 Å². The van der Waals surface area contributed by atoms with Gasteiger partial charge in [-0.3, -0.25) is 4.79 Å². The number of amides is 1. The fourth-order valence-corrected chi connectivity index (χ4v) is 2.90. The third-order valence-corrected chi connectivity index (χ3v) is 4.29. The number of anilines is 1. The molecule has 0 atom stereocenters. The van der Waals surface area contributed by atoms with Gasteiger partial charge in [0.25, 0.3) is 5.91 Å². The van der Waals surface area contributed by atoms with E-state index >= 15 is 0 Å². The summed E-state index contributed by atoms with van der Waals surface area (Å²) >= 11 is 3.35. The lowest BCUT2D eigenvalue weighted by Crippen LogP contribution is -2.21. The zero-order valence-corrected chi connectivity index (χ0v) is 16.1. The van der Waals surface area contributed by atoms with Crippen molar-refractivity contribution in [3.05, 3.63) is 58.3 Å². The Balaban J connectivity index is 1.65. The molecule has 0 fully saturated rings. The molecule has 0 aliphatic carbocycles. The van der Waals surface area contributed by atoms with Gasteiger partial charge in [-0.15, -0.1) is 0 Å². The number of halogens is 3. The number of hydrogen-bond donors (Lipinski definition) is 1. The van der Waals surface area contributed by atoms with Gasteiger partial charge in [-0.25, -0.2) is 4.79 Å². The Morgan fingerprint density at radius 2 is 1.96 bits per heavy atom. The summed E-state index contributed by atoms with van der Waals surface area (Å²) in [5.41, 5.74) is 1.13. The van der Waals surface area contributed by atoms with E-state index in [1.54, 1.807) is 25.1 Å². The second-order valence-corrected chi connectivity index (χ2v) is 6.61. The van der Waals surface area contributed by atoms with Crippen LogP contribution in [0.3, 0.4) is 0 Å². The maximum absolute atomic E-state index is 12.4. The number of hydrogen-bond acceptors (Lipinski definition) is 5. The zero-order chi connectivity index (χ0) is 20.3. The number of nitrogens with one attached hydrogen (secondary N) is 1. The lowest BCUT2D eigenvalue weighted by molar-refractivity contribution is -0.119. The van der Waals surface area contributed by atoms with Gasteiger partial charge >= 0.3 is 12.6 Å². The lowest BCUT2D eigenvalue weighted by atomic mass is 10.1. The van der Waals surface area contributed by atoms with E-state index in [-0.39, 0.29) is 17.2 Å². The third-order valence-electron chi connectivity index (χ3n) is 3.80. The predicted octanol–water partition coefficient (Wildman–Crippen LogP) is 4.90. The second kappa shape index (κ2) is 8.39. The Morgan fingerprint density at radius 1 is 1.21 bits per heavy atom. The summed E-state index contributed by atoms with van der Waals surface area (Å²) in [6.07, 6.45) is 0. The molecular formula is C19H14BrF2NO5. The number of fused-ring (bicyclic) bond motifs is 1. The first kappa shape index (κ1) is 19.8. The summed E-state index contributed by atoms with van der Waals surface area (Å²) in [6, 6.07) is 11.0. The fraction of sp³-hybridized carbons (Fsp3) is 0.158. The van der Waals surface area contributed by atoms with E-state index in [4.69, 9.17) is 9.15 Å². The molecule has 1 heterocycles. The van der Waals surface area contributed by atoms with Crippen molar-refractivity contribution in [1.29, 1.82) is 0 Å². The van der Waals surface area contributed by atoms with Gasteiger partial charge in [-0.1, -0.05) is 28.1 Å². The van der Waals surface area contributed by atoms with Crippen LogP contribution in [0.5, 0.6) is 5.75 Å². The molecule has 1 amide bonds. The highest BCUT2D eigenvalue weighted by atomic mass is 79.9. The Hall–Kier alpha value is -2.94. The van der Waals surface area contributed by atoms with Gasteiger partial charge in [-0.2, -0.15) is 8.78 Å². The van der Waals surface area contributed by atoms with Crippen LogP contribution in [-0.2, 0) is 9.53 Å². The highest BCUT2D eigenvalue weighted by molar-refractivity contribution is 9.10. The largest absolute Gasteiger partial charge is 0.450 e. The van der Waals surface area contributed by atoms with E-state index in [2.05, 4.69) is 26.0 Å². The number of carbonyl (C=O) groups excluding carboxylic acids is 2. The summed E-state index contributed by atoms with van der Waals surface area (Å²) in [5.74, 6) is -1.73. The molecule has 3 aromatic rings. The monoisotopic (exact) mass is 453 g/mol. The number of benzene rings is 2. The van der Waals surface area contributed by atoms with Crippen LogP contribution in [0.4, 0.5) is 14.5 Å². The molecule has 0 spiro atoms. The van der Waals surface area contributed by atoms with Crippen LogP contribution in [0.15, 0.2) is 51.4 Å². The van der Waals surface area contributed by atoms with E-state index in [1.165, 1.54) is 24.3 Å². The minimum Gasteiger partial charge on any atom is -0.450 e. The molecule has 0 saturated carbocycles. The molecule has 1 aromatic heterocycles. The molecule has 6 nitrogen and oxygen atoms in total. The average Bonchev–Trinajstić information content (AvgIpc) is 2.97. The molecule has 9 heteroatoms. The third kappa shape index (κ3) is 4.48. The number of ether oxygens (including phenoxy) is 2. The highest BCUT2D eigenvalue weighted by Crippen LogP contribution is 2.29. The minimum atomic E-state index is -3.04. The molecule has 1 N–H and O–H groups in total. The van der Waals surface area contributed by atoms with E-state index in [0.717, 1.165) is 9.86 Å². The van der Waals surface area contributed by atoms with E-state index in [1.807, 2.05) is 0 Å². The van der Waals surface area contributed by atoms with Crippen LogP contribution in [-0.4, -0.2) is 25.1 Å². The maximum atomic E-state index is 12.4. The van der Waals surface area contributed by atoms with Crippen LogP contribution in [0.1, 0.15) is 16.1 Å². The molecule has 0 aliphatic heterocycles. The molecular weight excluding hydrogens is 440 g/mol. The highest BCUT2D eigenvalue weighted by Gasteiger charge is 2.20. The first-order valence-corrected chi connectivity index (χ1v) is 8.84. The minimum absolute atomic E-state index is 0.0117. The summed E-state index contributed by atoms with van der Waals surface area (Å²) in [6.45, 7) is -1.96. The van der Waals surface area contributed by atoms with E-state index in [9.17, 15) is 18.4 Å². The smallest absolute Gasteiger partial charge is 0.387 e. The standard InChI is InChI=1S/C19H14BrF2NO5/c1-10-12-8-11(20)6-7-14(12)27-17(10)18(25)26-9-16(24)23-13-4-2-3-5-15(13)28-19(21)22/h2-8,19H,9H2,1H3,(H,23,24). The van der Waals surface area contributed by atoms with Crippen LogP contribution in [0.25, 0.3) is 11.0 Å². The van der Waals surface area contributed by atoms with Gasteiger partial charge in [0.05, 0.1) is 5.69 Å². The van der Waals surface area contributed by atoms with Gasteiger partial charge in [0, 0.05) is 15.4 Å². The molecule has 28 heavy (non-hydrogen) atoms. The lowest BCUT2D eigenvalue weighted by Gasteiger charge is -2.11. The summed E-state index contributed by atoms with van der Waals surface area (Å²) in [4.78, 5) is 24.3. The quantitative estimate of drug-likeness (QED) is 0.537. The van der Waals surface area contributed by atoms with E-state index in [0.29, 0.717) is 11.1 Å². The van der Waals surface area contributed by atoms with Gasteiger partial charge in [-0.05, 0) is 37.3 Å². The number of esters is 1. The number of para-hydroxylation sites is 2. The van der Waals surface area contributed by atoms with Crippen molar-refractivity contribution in [1.82, 2.24) is 0 Å². The molecule has 0 unspecified atom stereocenters. The van der Waals surface area contributed by atoms with Crippen LogP contribution in [0, 0.1) is 6.92 Å². The molecule has 0 bridgehead atoms. The average molecular weight is 454 g/mol. The Kier molecular flexibility index (Phi) is 5.93. The van der Waals surface area contributed by atoms with Crippen LogP contribution >= 0.6 is 15.9 Å². The van der Waals surface area contributed by atoms with Crippen LogP contribution in [0.2, 0.25) is 0 Å². The molecule has 2 aromatic carbocycles. The van der Waals surface area contributed by atoms with Crippen molar-refractivity contribution in [3.63, 3.8) is 0 Å². The molecule has 0 saturated heterocycles. The van der Waals surface area contributed by atoms with Crippen molar-refractivity contribution in [2.75, 3.05) is 11.9 Å². The Bertz CT molecular complexity index is 1030. The summed E-state index contributed by atoms with van der Waals surface area (Å²) < 4.78 is 40.5. The summed E-state index contributed by atoms with van der Waals surface area (Å²) in [7, 11) is 0. The number of carbonyl (C=O) groups is 2. The first-order valence-electron chi connectivity index (χ1n) is 8.04. The second-order valence-electron chi connectivity index (χ2n) is 5.70. The van der Waals surface area contributed by atoms with Crippen molar-refractivity contribution in [2.24, 2.45) is 0 Å². The fourth-order valence-electron chi connectivity index (χ4n) is 2.54. The van der Waals surface area contributed by atoms with Gasteiger partial charge in [0.2, 0.25) is 5.76 Å². The number of rotatable bonds is 6. The topological polar surface area (TPSA) is 77.8 Å². The van der Waals surface area contributed by atoms with Gasteiger partial charge in [0.1, 0.15) is 11.3 Å².